The third kappa shape index (κ3) is 3.38. The number of nitro groups is 1. The number of nitro benzene ring substituents is 1. The van der Waals surface area contributed by atoms with Crippen LogP contribution in [0.1, 0.15) is 29.3 Å². The lowest BCUT2D eigenvalue weighted by molar-refractivity contribution is -0.384. The van der Waals surface area contributed by atoms with Crippen LogP contribution < -0.4 is 5.32 Å². The summed E-state index contributed by atoms with van der Waals surface area (Å²) in [6, 6.07) is 7.15. The molecule has 1 saturated heterocycles. The van der Waals surface area contributed by atoms with Crippen molar-refractivity contribution >= 4 is 17.6 Å². The van der Waals surface area contributed by atoms with E-state index in [4.69, 9.17) is 0 Å². The minimum Gasteiger partial charge on any atom is -0.319 e. The van der Waals surface area contributed by atoms with Crippen molar-refractivity contribution in [3.63, 3.8) is 0 Å². The first-order valence-electron chi connectivity index (χ1n) is 8.53. The van der Waals surface area contributed by atoms with Gasteiger partial charge in [-0.3, -0.25) is 24.8 Å². The summed E-state index contributed by atoms with van der Waals surface area (Å²) in [5.74, 6) is -0.383. The highest BCUT2D eigenvalue weighted by molar-refractivity contribution is 6.07. The van der Waals surface area contributed by atoms with Gasteiger partial charge in [-0.25, -0.2) is 4.79 Å². The molecule has 0 aliphatic carbocycles. The smallest absolute Gasteiger partial charge is 0.319 e. The van der Waals surface area contributed by atoms with Crippen molar-refractivity contribution < 1.29 is 14.5 Å². The van der Waals surface area contributed by atoms with Crippen molar-refractivity contribution in [1.82, 2.24) is 15.2 Å². The van der Waals surface area contributed by atoms with Crippen molar-refractivity contribution in [3.05, 3.63) is 69.0 Å². The van der Waals surface area contributed by atoms with Gasteiger partial charge in [0.2, 0.25) is 0 Å². The van der Waals surface area contributed by atoms with Crippen LogP contribution in [0, 0.1) is 24.0 Å². The fraction of sp³-hybridized carbons (Fsp3) is 0.316. The van der Waals surface area contributed by atoms with Crippen LogP contribution >= 0.6 is 0 Å². The summed E-state index contributed by atoms with van der Waals surface area (Å²) in [6.45, 7) is 5.72. The Hall–Kier alpha value is -3.29. The highest BCUT2D eigenvalue weighted by Crippen LogP contribution is 2.30. The number of carbonyl (C=O) groups is 2. The highest BCUT2D eigenvalue weighted by Gasteiger charge is 2.48. The van der Waals surface area contributed by atoms with Gasteiger partial charge < -0.3 is 5.32 Å². The standard InChI is InChI=1S/C19H20N4O4/c1-12-10-13(2)16(20-11-12)8-9-22-17(24)19(3,21-18(22)25)14-4-6-15(7-5-14)23(26)27/h4-7,10-11H,8-9H2,1-3H3,(H,21,25). The number of pyridine rings is 1. The summed E-state index contributed by atoms with van der Waals surface area (Å²) in [7, 11) is 0. The Morgan fingerprint density at radius 3 is 2.48 bits per heavy atom. The molecule has 0 radical (unpaired) electrons. The van der Waals surface area contributed by atoms with Crippen molar-refractivity contribution in [2.75, 3.05) is 6.54 Å². The number of nitrogens with zero attached hydrogens (tertiary/aromatic N) is 3. The molecule has 1 aromatic carbocycles. The number of carbonyl (C=O) groups excluding carboxylic acids is 2. The Bertz CT molecular complexity index is 926. The van der Waals surface area contributed by atoms with Gasteiger partial charge >= 0.3 is 6.03 Å². The monoisotopic (exact) mass is 368 g/mol. The maximum Gasteiger partial charge on any atom is 0.325 e. The SMILES string of the molecule is Cc1cnc(CCN2C(=O)NC(C)(c3ccc([N+](=O)[O-])cc3)C2=O)c(C)c1. The molecule has 8 nitrogen and oxygen atoms in total. The zero-order valence-electron chi connectivity index (χ0n) is 15.4. The van der Waals surface area contributed by atoms with E-state index in [1.165, 1.54) is 29.2 Å². The van der Waals surface area contributed by atoms with Gasteiger partial charge in [0, 0.05) is 37.0 Å². The van der Waals surface area contributed by atoms with Crippen molar-refractivity contribution in [2.24, 2.45) is 0 Å². The fourth-order valence-electron chi connectivity index (χ4n) is 3.24. The molecule has 2 heterocycles. The maximum absolute atomic E-state index is 12.9. The predicted octanol–water partition coefficient (Wildman–Crippen LogP) is 2.62. The molecule has 0 saturated carbocycles. The second-order valence-corrected chi connectivity index (χ2v) is 6.84. The number of hydrogen-bond acceptors (Lipinski definition) is 5. The fourth-order valence-corrected chi connectivity index (χ4v) is 3.24. The van der Waals surface area contributed by atoms with Crippen molar-refractivity contribution in [1.29, 1.82) is 0 Å². The lowest BCUT2D eigenvalue weighted by atomic mass is 9.92. The van der Waals surface area contributed by atoms with E-state index in [2.05, 4.69) is 10.3 Å². The number of non-ortho nitro benzene ring substituents is 1. The topological polar surface area (TPSA) is 105 Å². The minimum atomic E-state index is -1.25. The maximum atomic E-state index is 12.9. The molecular formula is C19H20N4O4. The number of rotatable bonds is 5. The van der Waals surface area contributed by atoms with E-state index in [0.717, 1.165) is 16.8 Å². The lowest BCUT2D eigenvalue weighted by Crippen LogP contribution is -2.41. The second kappa shape index (κ2) is 6.79. The summed E-state index contributed by atoms with van der Waals surface area (Å²) in [4.78, 5) is 41.1. The first kappa shape index (κ1) is 18.5. The van der Waals surface area contributed by atoms with Crippen LogP contribution in [-0.2, 0) is 16.8 Å². The Kier molecular flexibility index (Phi) is 4.65. The summed E-state index contributed by atoms with van der Waals surface area (Å²) in [5.41, 5.74) is 2.08. The second-order valence-electron chi connectivity index (χ2n) is 6.84. The number of hydrogen-bond donors (Lipinski definition) is 1. The molecule has 3 rings (SSSR count). The van der Waals surface area contributed by atoms with Crippen LogP contribution in [0.5, 0.6) is 0 Å². The number of imide groups is 1. The summed E-state index contributed by atoms with van der Waals surface area (Å²) >= 11 is 0. The number of nitrogens with one attached hydrogen (secondary N) is 1. The normalized spacial score (nSPS) is 19.3. The molecule has 1 atom stereocenters. The molecule has 3 amide bonds. The Morgan fingerprint density at radius 1 is 1.22 bits per heavy atom. The summed E-state index contributed by atoms with van der Waals surface area (Å²) < 4.78 is 0. The van der Waals surface area contributed by atoms with Crippen LogP contribution in [-0.4, -0.2) is 33.3 Å². The van der Waals surface area contributed by atoms with E-state index in [9.17, 15) is 19.7 Å². The Labute approximate surface area is 156 Å². The van der Waals surface area contributed by atoms with Crippen LogP contribution in [0.3, 0.4) is 0 Å². The molecule has 1 aromatic heterocycles. The Morgan fingerprint density at radius 2 is 1.89 bits per heavy atom. The molecule has 27 heavy (non-hydrogen) atoms. The zero-order valence-corrected chi connectivity index (χ0v) is 15.4. The predicted molar refractivity (Wildman–Crippen MR) is 98.1 cm³/mol. The third-order valence-electron chi connectivity index (χ3n) is 4.83. The van der Waals surface area contributed by atoms with Gasteiger partial charge in [-0.15, -0.1) is 0 Å². The van der Waals surface area contributed by atoms with E-state index in [0.29, 0.717) is 12.0 Å². The molecule has 0 bridgehead atoms. The van der Waals surface area contributed by atoms with Crippen molar-refractivity contribution in [3.8, 4) is 0 Å². The molecule has 140 valence electrons. The van der Waals surface area contributed by atoms with E-state index in [-0.39, 0.29) is 18.1 Å². The van der Waals surface area contributed by atoms with Crippen LogP contribution in [0.2, 0.25) is 0 Å². The molecule has 1 fully saturated rings. The number of benzene rings is 1. The summed E-state index contributed by atoms with van der Waals surface area (Å²) in [5, 5.41) is 13.5. The average Bonchev–Trinajstić information content (AvgIpc) is 2.84. The van der Waals surface area contributed by atoms with Gasteiger partial charge in [0.1, 0.15) is 5.54 Å². The van der Waals surface area contributed by atoms with Gasteiger partial charge in [0.05, 0.1) is 4.92 Å². The molecule has 1 N–H and O–H groups in total. The van der Waals surface area contributed by atoms with Gasteiger partial charge in [0.25, 0.3) is 11.6 Å². The molecule has 1 unspecified atom stereocenters. The molecular weight excluding hydrogens is 348 g/mol. The zero-order chi connectivity index (χ0) is 19.8. The van der Waals surface area contributed by atoms with Crippen LogP contribution in [0.15, 0.2) is 36.5 Å². The molecule has 1 aliphatic heterocycles. The highest BCUT2D eigenvalue weighted by atomic mass is 16.6. The van der Waals surface area contributed by atoms with Gasteiger partial charge in [-0.2, -0.15) is 0 Å². The van der Waals surface area contributed by atoms with Gasteiger partial charge in [-0.1, -0.05) is 6.07 Å². The van der Waals surface area contributed by atoms with Gasteiger partial charge in [0.15, 0.2) is 0 Å². The van der Waals surface area contributed by atoms with E-state index in [1.54, 1.807) is 13.1 Å². The minimum absolute atomic E-state index is 0.0723. The molecule has 2 aromatic rings. The number of amides is 3. The molecule has 1 aliphatic rings. The quantitative estimate of drug-likeness (QED) is 0.496. The molecule has 8 heteroatoms. The largest absolute Gasteiger partial charge is 0.325 e. The van der Waals surface area contributed by atoms with E-state index in [1.807, 2.05) is 19.9 Å². The first-order chi connectivity index (χ1) is 12.7. The first-order valence-corrected chi connectivity index (χ1v) is 8.53. The van der Waals surface area contributed by atoms with Crippen LogP contribution in [0.4, 0.5) is 10.5 Å². The van der Waals surface area contributed by atoms with E-state index >= 15 is 0 Å². The number of urea groups is 1. The number of aryl methyl sites for hydroxylation is 2. The van der Waals surface area contributed by atoms with Crippen LogP contribution in [0.25, 0.3) is 0 Å². The number of aromatic nitrogens is 1. The third-order valence-corrected chi connectivity index (χ3v) is 4.83. The lowest BCUT2D eigenvalue weighted by Gasteiger charge is -2.22. The Balaban J connectivity index is 1.78. The average molecular weight is 368 g/mol. The van der Waals surface area contributed by atoms with Gasteiger partial charge in [-0.05, 0) is 49.6 Å². The summed E-state index contributed by atoms with van der Waals surface area (Å²) in [6.07, 6.45) is 2.22. The van der Waals surface area contributed by atoms with E-state index < -0.39 is 16.5 Å². The van der Waals surface area contributed by atoms with Crippen molar-refractivity contribution in [2.45, 2.75) is 32.7 Å². The molecule has 0 spiro atoms.